The summed E-state index contributed by atoms with van der Waals surface area (Å²) in [5.41, 5.74) is 1.54. The monoisotopic (exact) mass is 329 g/mol. The number of hydrogen-bond acceptors (Lipinski definition) is 3. The van der Waals surface area contributed by atoms with Crippen molar-refractivity contribution < 1.29 is 13.9 Å². The summed E-state index contributed by atoms with van der Waals surface area (Å²) in [6.07, 6.45) is 0. The van der Waals surface area contributed by atoms with E-state index in [4.69, 9.17) is 20.8 Å². The van der Waals surface area contributed by atoms with Gasteiger partial charge < -0.3 is 14.1 Å². The molecule has 0 atom stereocenters. The van der Waals surface area contributed by atoms with Gasteiger partial charge in [-0.2, -0.15) is 0 Å². The lowest BCUT2D eigenvalue weighted by atomic mass is 10.2. The summed E-state index contributed by atoms with van der Waals surface area (Å²) in [6.45, 7) is 0.375. The van der Waals surface area contributed by atoms with Crippen LogP contribution in [0, 0.1) is 0 Å². The van der Waals surface area contributed by atoms with Gasteiger partial charge in [0.25, 0.3) is 5.91 Å². The van der Waals surface area contributed by atoms with E-state index in [1.54, 1.807) is 43.3 Å². The van der Waals surface area contributed by atoms with Crippen LogP contribution < -0.4 is 4.74 Å². The van der Waals surface area contributed by atoms with E-state index in [1.165, 1.54) is 0 Å². The van der Waals surface area contributed by atoms with Crippen molar-refractivity contribution in [1.82, 2.24) is 4.90 Å². The maximum atomic E-state index is 12.6. The maximum Gasteiger partial charge on any atom is 0.289 e. The fourth-order valence-electron chi connectivity index (χ4n) is 2.47. The van der Waals surface area contributed by atoms with Crippen molar-refractivity contribution in [2.75, 3.05) is 14.2 Å². The van der Waals surface area contributed by atoms with Crippen molar-refractivity contribution >= 4 is 28.5 Å². The van der Waals surface area contributed by atoms with Gasteiger partial charge in [-0.15, -0.1) is 0 Å². The number of rotatable bonds is 4. The highest BCUT2D eigenvalue weighted by atomic mass is 35.5. The topological polar surface area (TPSA) is 42.7 Å². The number of carbonyl (C=O) groups excluding carboxylic acids is 1. The molecule has 2 aromatic carbocycles. The number of furan rings is 1. The molecule has 0 unspecified atom stereocenters. The maximum absolute atomic E-state index is 12.6. The number of carbonyl (C=O) groups is 1. The minimum atomic E-state index is -0.191. The normalized spacial score (nSPS) is 10.7. The standard InChI is InChI=1S/C18H16ClNO3/c1-20(11-13-9-14(19)7-8-15(13)22-2)18(21)17-10-12-5-3-4-6-16(12)23-17/h3-10H,11H2,1-2H3. The van der Waals surface area contributed by atoms with Crippen LogP contribution in [-0.4, -0.2) is 25.0 Å². The molecule has 1 heterocycles. The van der Waals surface area contributed by atoms with E-state index in [0.717, 1.165) is 10.9 Å². The highest BCUT2D eigenvalue weighted by Gasteiger charge is 2.18. The van der Waals surface area contributed by atoms with E-state index in [9.17, 15) is 4.79 Å². The summed E-state index contributed by atoms with van der Waals surface area (Å²) in [4.78, 5) is 14.1. The molecule has 23 heavy (non-hydrogen) atoms. The van der Waals surface area contributed by atoms with E-state index in [2.05, 4.69) is 0 Å². The summed E-state index contributed by atoms with van der Waals surface area (Å²) in [5, 5.41) is 1.51. The molecule has 0 aliphatic heterocycles. The molecule has 5 heteroatoms. The molecular formula is C18H16ClNO3. The Balaban J connectivity index is 1.84. The van der Waals surface area contributed by atoms with Gasteiger partial charge in [-0.05, 0) is 30.3 Å². The molecular weight excluding hydrogens is 314 g/mol. The van der Waals surface area contributed by atoms with E-state index in [0.29, 0.717) is 28.7 Å². The molecule has 3 rings (SSSR count). The molecule has 0 radical (unpaired) electrons. The van der Waals surface area contributed by atoms with E-state index < -0.39 is 0 Å². The predicted octanol–water partition coefficient (Wildman–Crippen LogP) is 4.37. The van der Waals surface area contributed by atoms with Crippen LogP contribution in [0.1, 0.15) is 16.1 Å². The zero-order valence-electron chi connectivity index (χ0n) is 12.9. The molecule has 4 nitrogen and oxygen atoms in total. The lowest BCUT2D eigenvalue weighted by molar-refractivity contribution is 0.0755. The number of para-hydroxylation sites is 1. The smallest absolute Gasteiger partial charge is 0.289 e. The third kappa shape index (κ3) is 3.17. The van der Waals surface area contributed by atoms with Crippen LogP contribution in [0.3, 0.4) is 0 Å². The van der Waals surface area contributed by atoms with Gasteiger partial charge in [0.15, 0.2) is 5.76 Å². The Labute approximate surface area is 139 Å². The number of hydrogen-bond donors (Lipinski definition) is 0. The molecule has 118 valence electrons. The third-order valence-corrected chi connectivity index (χ3v) is 3.87. The van der Waals surface area contributed by atoms with Gasteiger partial charge in [0.1, 0.15) is 11.3 Å². The zero-order valence-corrected chi connectivity index (χ0v) is 13.6. The second-order valence-electron chi connectivity index (χ2n) is 5.27. The number of benzene rings is 2. The molecule has 1 aromatic heterocycles. The van der Waals surface area contributed by atoms with Crippen LogP contribution in [0.25, 0.3) is 11.0 Å². The summed E-state index contributed by atoms with van der Waals surface area (Å²) in [6, 6.07) is 14.6. The second-order valence-corrected chi connectivity index (χ2v) is 5.70. The first-order chi connectivity index (χ1) is 11.1. The van der Waals surface area contributed by atoms with Crippen molar-refractivity contribution in [2.45, 2.75) is 6.54 Å². The Morgan fingerprint density at radius 2 is 2.00 bits per heavy atom. The quantitative estimate of drug-likeness (QED) is 0.714. The van der Waals surface area contributed by atoms with Crippen molar-refractivity contribution in [3.05, 3.63) is 64.9 Å². The molecule has 0 fully saturated rings. The first-order valence-corrected chi connectivity index (χ1v) is 7.53. The number of halogens is 1. The van der Waals surface area contributed by atoms with Crippen molar-refractivity contribution in [3.63, 3.8) is 0 Å². The lowest BCUT2D eigenvalue weighted by Crippen LogP contribution is -2.26. The Morgan fingerprint density at radius 1 is 1.22 bits per heavy atom. The Kier molecular flexibility index (Phi) is 4.26. The van der Waals surface area contributed by atoms with Gasteiger partial charge >= 0.3 is 0 Å². The van der Waals surface area contributed by atoms with Crippen molar-refractivity contribution in [3.8, 4) is 5.75 Å². The number of fused-ring (bicyclic) bond motifs is 1. The fourth-order valence-corrected chi connectivity index (χ4v) is 2.67. The van der Waals surface area contributed by atoms with E-state index >= 15 is 0 Å². The Hall–Kier alpha value is -2.46. The fraction of sp³-hybridized carbons (Fsp3) is 0.167. The minimum Gasteiger partial charge on any atom is -0.496 e. The van der Waals surface area contributed by atoms with Gasteiger partial charge in [-0.3, -0.25) is 4.79 Å². The zero-order chi connectivity index (χ0) is 16.4. The van der Waals surface area contributed by atoms with Crippen LogP contribution in [0.15, 0.2) is 52.9 Å². The molecule has 0 N–H and O–H groups in total. The largest absolute Gasteiger partial charge is 0.496 e. The first kappa shape index (κ1) is 15.4. The van der Waals surface area contributed by atoms with Crippen LogP contribution in [-0.2, 0) is 6.54 Å². The summed E-state index contributed by atoms with van der Waals surface area (Å²) in [7, 11) is 3.31. The van der Waals surface area contributed by atoms with Crippen molar-refractivity contribution in [1.29, 1.82) is 0 Å². The average molecular weight is 330 g/mol. The van der Waals surface area contributed by atoms with Gasteiger partial charge in [-0.25, -0.2) is 0 Å². The van der Waals surface area contributed by atoms with Crippen LogP contribution in [0.4, 0.5) is 0 Å². The highest BCUT2D eigenvalue weighted by molar-refractivity contribution is 6.30. The molecule has 3 aromatic rings. The molecule has 0 aliphatic rings. The van der Waals surface area contributed by atoms with E-state index in [-0.39, 0.29) is 5.91 Å². The lowest BCUT2D eigenvalue weighted by Gasteiger charge is -2.18. The summed E-state index contributed by atoms with van der Waals surface area (Å²) >= 11 is 6.03. The molecule has 0 saturated carbocycles. The Bertz CT molecular complexity index is 823. The predicted molar refractivity (Wildman–Crippen MR) is 90.0 cm³/mol. The number of methoxy groups -OCH3 is 1. The second kappa shape index (κ2) is 6.34. The van der Waals surface area contributed by atoms with Gasteiger partial charge in [-0.1, -0.05) is 29.8 Å². The van der Waals surface area contributed by atoms with Crippen LogP contribution in [0.5, 0.6) is 5.75 Å². The average Bonchev–Trinajstić information content (AvgIpc) is 2.98. The first-order valence-electron chi connectivity index (χ1n) is 7.15. The Morgan fingerprint density at radius 3 is 2.74 bits per heavy atom. The number of amides is 1. The molecule has 0 saturated heterocycles. The molecule has 1 amide bonds. The van der Waals surface area contributed by atoms with Gasteiger partial charge in [0.2, 0.25) is 0 Å². The third-order valence-electron chi connectivity index (χ3n) is 3.63. The minimum absolute atomic E-state index is 0.191. The molecule has 0 spiro atoms. The van der Waals surface area contributed by atoms with E-state index in [1.807, 2.05) is 24.3 Å². The van der Waals surface area contributed by atoms with Crippen LogP contribution in [0.2, 0.25) is 5.02 Å². The SMILES string of the molecule is COc1ccc(Cl)cc1CN(C)C(=O)c1cc2ccccc2o1. The summed E-state index contributed by atoms with van der Waals surface area (Å²) < 4.78 is 10.9. The van der Waals surface area contributed by atoms with Crippen molar-refractivity contribution in [2.24, 2.45) is 0 Å². The van der Waals surface area contributed by atoms with Gasteiger partial charge in [0, 0.05) is 29.6 Å². The number of nitrogens with zero attached hydrogens (tertiary/aromatic N) is 1. The number of ether oxygens (including phenoxy) is 1. The molecule has 0 bridgehead atoms. The van der Waals surface area contributed by atoms with Gasteiger partial charge in [0.05, 0.1) is 7.11 Å². The highest BCUT2D eigenvalue weighted by Crippen LogP contribution is 2.25. The summed E-state index contributed by atoms with van der Waals surface area (Å²) in [5.74, 6) is 0.816. The molecule has 0 aliphatic carbocycles. The van der Waals surface area contributed by atoms with Crippen LogP contribution >= 0.6 is 11.6 Å².